The van der Waals surface area contributed by atoms with Crippen LogP contribution in [0, 0.1) is 17.3 Å². The van der Waals surface area contributed by atoms with Gasteiger partial charge in [-0.3, -0.25) is 14.4 Å². The summed E-state index contributed by atoms with van der Waals surface area (Å²) < 4.78 is 5.47. The Morgan fingerprint density at radius 3 is 2.48 bits per heavy atom. The van der Waals surface area contributed by atoms with Crippen LogP contribution in [0.25, 0.3) is 0 Å². The summed E-state index contributed by atoms with van der Waals surface area (Å²) in [6, 6.07) is 0. The summed E-state index contributed by atoms with van der Waals surface area (Å²) in [7, 11) is 0. The van der Waals surface area contributed by atoms with E-state index in [0.29, 0.717) is 18.4 Å². The molecule has 3 N–H and O–H groups in total. The molecule has 7 nitrogen and oxygen atoms in total. The van der Waals surface area contributed by atoms with Crippen LogP contribution in [0.2, 0.25) is 0 Å². The molecule has 4 rings (SSSR count). The molecule has 0 unspecified atom stereocenters. The molecule has 3 aliphatic carbocycles. The number of ether oxygens (including phenoxy) is 1. The number of rotatable bonds is 1. The number of Topliss-reactive ketones (excluding diaryl/α,β-unsaturated/α-hetero) is 2. The Hall–Kier alpha value is -2.25. The lowest BCUT2D eigenvalue weighted by Crippen LogP contribution is -2.44. The summed E-state index contributed by atoms with van der Waals surface area (Å²) in [6.45, 7) is 5.05. The molecule has 27 heavy (non-hydrogen) atoms. The fourth-order valence-corrected chi connectivity index (χ4v) is 4.93. The molecule has 1 saturated heterocycles. The minimum Gasteiger partial charge on any atom is -0.507 e. The number of esters is 1. The smallest absolute Gasteiger partial charge is 0.312 e. The topological polar surface area (TPSA) is 121 Å². The number of aliphatic hydroxyl groups excluding tert-OH is 3. The zero-order chi connectivity index (χ0) is 19.8. The number of aliphatic hydroxyl groups is 3. The quantitative estimate of drug-likeness (QED) is 0.354. The van der Waals surface area contributed by atoms with Crippen molar-refractivity contribution in [2.75, 3.05) is 0 Å². The van der Waals surface area contributed by atoms with E-state index in [1.54, 1.807) is 20.8 Å². The van der Waals surface area contributed by atoms with Crippen molar-refractivity contribution < 1.29 is 34.4 Å². The second-order valence-corrected chi connectivity index (χ2v) is 8.31. The summed E-state index contributed by atoms with van der Waals surface area (Å²) in [5.41, 5.74) is -0.824. The molecule has 1 aliphatic heterocycles. The van der Waals surface area contributed by atoms with Crippen LogP contribution in [0.3, 0.4) is 0 Å². The fourth-order valence-electron chi connectivity index (χ4n) is 4.93. The SMILES string of the molecule is CC(C)C1=C(O)C2=C(C=C3[C@H](O)CC[C@]4(C)C(=O)O[C@@H]([C@H]2O)[C@H]34)C(=O)C1=O. The van der Waals surface area contributed by atoms with Crippen LogP contribution < -0.4 is 0 Å². The largest absolute Gasteiger partial charge is 0.507 e. The van der Waals surface area contributed by atoms with Gasteiger partial charge in [0.25, 0.3) is 0 Å². The molecular formula is C20H22O7. The Labute approximate surface area is 156 Å². The summed E-state index contributed by atoms with van der Waals surface area (Å²) >= 11 is 0. The average molecular weight is 374 g/mol. The third-order valence-corrected chi connectivity index (χ3v) is 6.40. The van der Waals surface area contributed by atoms with E-state index in [4.69, 9.17) is 4.74 Å². The Kier molecular flexibility index (Phi) is 3.78. The van der Waals surface area contributed by atoms with Gasteiger partial charge in [-0.15, -0.1) is 0 Å². The van der Waals surface area contributed by atoms with E-state index in [1.165, 1.54) is 6.08 Å². The maximum atomic E-state index is 12.8. The van der Waals surface area contributed by atoms with Crippen molar-refractivity contribution >= 4 is 17.5 Å². The first kappa shape index (κ1) is 18.1. The first-order valence-electron chi connectivity index (χ1n) is 9.15. The number of carbonyl (C=O) groups excluding carboxylic acids is 3. The van der Waals surface area contributed by atoms with E-state index >= 15 is 0 Å². The molecule has 1 heterocycles. The lowest BCUT2D eigenvalue weighted by atomic mass is 9.63. The summed E-state index contributed by atoms with van der Waals surface area (Å²) in [6.07, 6.45) is -1.36. The fraction of sp³-hybridized carbons (Fsp3) is 0.550. The van der Waals surface area contributed by atoms with E-state index < -0.39 is 58.9 Å². The van der Waals surface area contributed by atoms with Crippen molar-refractivity contribution in [2.45, 2.75) is 51.9 Å². The Morgan fingerprint density at radius 2 is 1.85 bits per heavy atom. The zero-order valence-electron chi connectivity index (χ0n) is 15.4. The third-order valence-electron chi connectivity index (χ3n) is 6.40. The normalized spacial score (nSPS) is 38.6. The predicted molar refractivity (Wildman–Crippen MR) is 92.3 cm³/mol. The minimum absolute atomic E-state index is 0.0614. The first-order valence-corrected chi connectivity index (χ1v) is 9.15. The van der Waals surface area contributed by atoms with Crippen LogP contribution >= 0.6 is 0 Å². The minimum atomic E-state index is -1.47. The number of allylic oxidation sites excluding steroid dienone is 3. The highest BCUT2D eigenvalue weighted by molar-refractivity contribution is 6.51. The second kappa shape index (κ2) is 5.62. The molecule has 0 aromatic heterocycles. The van der Waals surface area contributed by atoms with Crippen molar-refractivity contribution in [3.8, 4) is 0 Å². The highest BCUT2D eigenvalue weighted by atomic mass is 16.6. The predicted octanol–water partition coefficient (Wildman–Crippen LogP) is 0.906. The molecule has 4 aliphatic rings. The molecule has 0 amide bonds. The highest BCUT2D eigenvalue weighted by Crippen LogP contribution is 2.55. The molecule has 0 aromatic carbocycles. The number of hydrogen-bond acceptors (Lipinski definition) is 7. The number of hydrogen-bond donors (Lipinski definition) is 3. The average Bonchev–Trinajstić information content (AvgIpc) is 2.77. The summed E-state index contributed by atoms with van der Waals surface area (Å²) in [4.78, 5) is 37.8. The van der Waals surface area contributed by atoms with Gasteiger partial charge in [0.15, 0.2) is 0 Å². The van der Waals surface area contributed by atoms with Crippen molar-refractivity contribution in [3.63, 3.8) is 0 Å². The van der Waals surface area contributed by atoms with E-state index in [1.807, 2.05) is 0 Å². The van der Waals surface area contributed by atoms with Crippen molar-refractivity contribution in [2.24, 2.45) is 17.3 Å². The van der Waals surface area contributed by atoms with Crippen LogP contribution in [-0.2, 0) is 19.1 Å². The second-order valence-electron chi connectivity index (χ2n) is 8.31. The molecule has 0 radical (unpaired) electrons. The lowest BCUT2D eigenvalue weighted by molar-refractivity contribution is -0.151. The Bertz CT molecular complexity index is 875. The molecule has 0 aromatic rings. The van der Waals surface area contributed by atoms with Gasteiger partial charge in [0.2, 0.25) is 11.6 Å². The van der Waals surface area contributed by atoms with Gasteiger partial charge in [0, 0.05) is 22.6 Å². The van der Waals surface area contributed by atoms with Gasteiger partial charge in [-0.1, -0.05) is 13.8 Å². The van der Waals surface area contributed by atoms with Crippen LogP contribution in [-0.4, -0.2) is 51.2 Å². The van der Waals surface area contributed by atoms with Gasteiger partial charge in [-0.05, 0) is 37.3 Å². The van der Waals surface area contributed by atoms with Gasteiger partial charge in [0.05, 0.1) is 11.5 Å². The Morgan fingerprint density at radius 1 is 1.19 bits per heavy atom. The monoisotopic (exact) mass is 374 g/mol. The molecule has 2 fully saturated rings. The molecule has 1 saturated carbocycles. The Balaban J connectivity index is 1.98. The third kappa shape index (κ3) is 2.18. The highest BCUT2D eigenvalue weighted by Gasteiger charge is 2.62. The van der Waals surface area contributed by atoms with E-state index in [2.05, 4.69) is 0 Å². The van der Waals surface area contributed by atoms with Gasteiger partial charge < -0.3 is 20.1 Å². The molecule has 0 bridgehead atoms. The maximum Gasteiger partial charge on any atom is 0.312 e. The van der Waals surface area contributed by atoms with Crippen LogP contribution in [0.5, 0.6) is 0 Å². The standard InChI is InChI=1S/C20H22O7/c1-7(2)11-15(23)12-9(14(22)16(11)24)6-8-10(21)4-5-20(3)13(8)18(17(12)25)27-19(20)26/h6-7,10,13,17-18,21,23,25H,4-5H2,1-3H3/t10-,13+,17+,18-,20+/m1/s1. The van der Waals surface area contributed by atoms with Gasteiger partial charge in [-0.25, -0.2) is 0 Å². The van der Waals surface area contributed by atoms with Crippen LogP contribution in [0.15, 0.2) is 34.1 Å². The van der Waals surface area contributed by atoms with Crippen LogP contribution in [0.1, 0.15) is 33.6 Å². The number of carbonyl (C=O) groups is 3. The maximum absolute atomic E-state index is 12.8. The summed E-state index contributed by atoms with van der Waals surface area (Å²) in [5, 5.41) is 32.2. The van der Waals surface area contributed by atoms with E-state index in [9.17, 15) is 29.7 Å². The molecular weight excluding hydrogens is 352 g/mol. The number of ketones is 2. The van der Waals surface area contributed by atoms with Gasteiger partial charge in [0.1, 0.15) is 18.0 Å². The molecule has 5 atom stereocenters. The van der Waals surface area contributed by atoms with Gasteiger partial charge in [-0.2, -0.15) is 0 Å². The van der Waals surface area contributed by atoms with E-state index in [0.717, 1.165) is 0 Å². The lowest BCUT2D eigenvalue weighted by Gasteiger charge is -2.38. The zero-order valence-corrected chi connectivity index (χ0v) is 15.4. The van der Waals surface area contributed by atoms with Crippen molar-refractivity contribution in [1.82, 2.24) is 0 Å². The molecule has 7 heteroatoms. The van der Waals surface area contributed by atoms with Gasteiger partial charge >= 0.3 is 5.97 Å². The molecule has 144 valence electrons. The summed E-state index contributed by atoms with van der Waals surface area (Å²) in [5.74, 6) is -3.61. The van der Waals surface area contributed by atoms with Crippen molar-refractivity contribution in [1.29, 1.82) is 0 Å². The molecule has 0 spiro atoms. The van der Waals surface area contributed by atoms with Crippen LogP contribution in [0.4, 0.5) is 0 Å². The van der Waals surface area contributed by atoms with Crippen molar-refractivity contribution in [3.05, 3.63) is 34.1 Å². The first-order chi connectivity index (χ1) is 12.6. The van der Waals surface area contributed by atoms with E-state index in [-0.39, 0.29) is 16.7 Å².